The van der Waals surface area contributed by atoms with Crippen LogP contribution in [0.4, 0.5) is 0 Å². The summed E-state index contributed by atoms with van der Waals surface area (Å²) in [5, 5.41) is 26.9. The van der Waals surface area contributed by atoms with E-state index in [4.69, 9.17) is 10.0 Å². The van der Waals surface area contributed by atoms with Gasteiger partial charge in [-0.1, -0.05) is 6.07 Å². The van der Waals surface area contributed by atoms with Gasteiger partial charge in [-0.25, -0.2) is 4.79 Å². The van der Waals surface area contributed by atoms with Crippen molar-refractivity contribution in [2.24, 2.45) is 0 Å². The topological polar surface area (TPSA) is 87.0 Å². The van der Waals surface area contributed by atoms with E-state index < -0.39 is 13.1 Å². The van der Waals surface area contributed by atoms with Crippen molar-refractivity contribution in [1.82, 2.24) is 0 Å². The molecule has 0 fully saturated rings. The first-order chi connectivity index (χ1) is 6.56. The monoisotopic (exact) mass is 196 g/mol. The molecule has 6 heteroatoms. The Morgan fingerprint density at radius 3 is 2.57 bits per heavy atom. The lowest BCUT2D eigenvalue weighted by molar-refractivity contribution is 0.0597. The summed E-state index contributed by atoms with van der Waals surface area (Å²) in [6, 6.07) is 3.65. The number of rotatable bonds is 2. The maximum Gasteiger partial charge on any atom is 0.488 e. The van der Waals surface area contributed by atoms with E-state index in [0.717, 1.165) is 6.07 Å². The zero-order valence-corrected chi connectivity index (χ0v) is 7.47. The van der Waals surface area contributed by atoms with Gasteiger partial charge in [0.05, 0.1) is 7.11 Å². The van der Waals surface area contributed by atoms with Gasteiger partial charge in [0.25, 0.3) is 0 Å². The second-order valence-electron chi connectivity index (χ2n) is 2.64. The number of ether oxygens (including phenoxy) is 1. The number of methoxy groups -OCH3 is 1. The summed E-state index contributed by atoms with van der Waals surface area (Å²) in [4.78, 5) is 11.1. The van der Waals surface area contributed by atoms with Crippen LogP contribution < -0.4 is 5.46 Å². The zero-order valence-electron chi connectivity index (χ0n) is 7.47. The number of phenolic OH excluding ortho intramolecular Hbond substituents is 1. The van der Waals surface area contributed by atoms with E-state index in [0.29, 0.717) is 0 Å². The fourth-order valence-corrected chi connectivity index (χ4v) is 0.988. The molecule has 3 N–H and O–H groups in total. The van der Waals surface area contributed by atoms with Crippen molar-refractivity contribution < 1.29 is 24.7 Å². The Bertz CT molecular complexity index is 350. The Hall–Kier alpha value is -1.53. The Kier molecular flexibility index (Phi) is 3.11. The smallest absolute Gasteiger partial charge is 0.488 e. The molecule has 1 aromatic rings. The number of carbonyl (C=O) groups is 1. The van der Waals surface area contributed by atoms with E-state index in [-0.39, 0.29) is 16.8 Å². The van der Waals surface area contributed by atoms with E-state index in [1.807, 2.05) is 0 Å². The van der Waals surface area contributed by atoms with Crippen LogP contribution in [0.15, 0.2) is 18.2 Å². The number of carbonyl (C=O) groups excluding carboxylic acids is 1. The first-order valence-corrected chi connectivity index (χ1v) is 3.83. The van der Waals surface area contributed by atoms with Crippen molar-refractivity contribution >= 4 is 18.6 Å². The number of hydrogen-bond acceptors (Lipinski definition) is 5. The summed E-state index contributed by atoms with van der Waals surface area (Å²) in [5.74, 6) is -0.994. The van der Waals surface area contributed by atoms with Crippen molar-refractivity contribution in [2.75, 3.05) is 7.11 Å². The average Bonchev–Trinajstić information content (AvgIpc) is 2.17. The molecule has 1 rings (SSSR count). The molecule has 0 atom stereocenters. The third kappa shape index (κ3) is 2.04. The molecule has 0 radical (unpaired) electrons. The van der Waals surface area contributed by atoms with Crippen molar-refractivity contribution in [2.45, 2.75) is 0 Å². The first kappa shape index (κ1) is 10.6. The van der Waals surface area contributed by atoms with Gasteiger partial charge in [0.1, 0.15) is 11.3 Å². The summed E-state index contributed by atoms with van der Waals surface area (Å²) in [7, 11) is -0.511. The number of esters is 1. The molecule has 0 bridgehead atoms. The molecular weight excluding hydrogens is 187 g/mol. The lowest BCUT2D eigenvalue weighted by Gasteiger charge is -2.05. The van der Waals surface area contributed by atoms with Crippen molar-refractivity contribution in [1.29, 1.82) is 0 Å². The molecular formula is C8H9BO5. The van der Waals surface area contributed by atoms with Gasteiger partial charge in [-0.05, 0) is 17.6 Å². The van der Waals surface area contributed by atoms with Gasteiger partial charge in [0, 0.05) is 0 Å². The van der Waals surface area contributed by atoms with Gasteiger partial charge < -0.3 is 19.9 Å². The van der Waals surface area contributed by atoms with Gasteiger partial charge in [0.15, 0.2) is 0 Å². The SMILES string of the molecule is COC(=O)c1cc(B(O)O)ccc1O. The van der Waals surface area contributed by atoms with Crippen LogP contribution in [0.5, 0.6) is 5.75 Å². The summed E-state index contributed by atoms with van der Waals surface area (Å²) in [6.45, 7) is 0. The van der Waals surface area contributed by atoms with Gasteiger partial charge in [-0.2, -0.15) is 0 Å². The maximum atomic E-state index is 11.1. The van der Waals surface area contributed by atoms with Crippen LogP contribution in [0, 0.1) is 0 Å². The minimum Gasteiger partial charge on any atom is -0.507 e. The molecule has 0 aliphatic rings. The Labute approximate surface area is 80.7 Å². The van der Waals surface area contributed by atoms with Crippen LogP contribution in [0.3, 0.4) is 0 Å². The third-order valence-electron chi connectivity index (χ3n) is 1.72. The molecule has 1 aromatic carbocycles. The van der Waals surface area contributed by atoms with Crippen LogP contribution in [0.25, 0.3) is 0 Å². The fraction of sp³-hybridized carbons (Fsp3) is 0.125. The summed E-state index contributed by atoms with van der Waals surface area (Å²) < 4.78 is 4.39. The molecule has 0 aliphatic heterocycles. The quantitative estimate of drug-likeness (QED) is 0.411. The third-order valence-corrected chi connectivity index (χ3v) is 1.72. The normalized spacial score (nSPS) is 9.64. The highest BCUT2D eigenvalue weighted by molar-refractivity contribution is 6.58. The van der Waals surface area contributed by atoms with Crippen LogP contribution in [-0.2, 0) is 4.74 Å². The first-order valence-electron chi connectivity index (χ1n) is 3.83. The van der Waals surface area contributed by atoms with Crippen molar-refractivity contribution in [3.8, 4) is 5.75 Å². The molecule has 74 valence electrons. The molecule has 0 saturated carbocycles. The van der Waals surface area contributed by atoms with Crippen molar-refractivity contribution in [3.63, 3.8) is 0 Å². The lowest BCUT2D eigenvalue weighted by Crippen LogP contribution is -2.30. The molecule has 5 nitrogen and oxygen atoms in total. The average molecular weight is 196 g/mol. The Morgan fingerprint density at radius 1 is 1.43 bits per heavy atom. The number of hydrogen-bond donors (Lipinski definition) is 3. The fourth-order valence-electron chi connectivity index (χ4n) is 0.988. The van der Waals surface area contributed by atoms with E-state index in [1.165, 1.54) is 19.2 Å². The predicted molar refractivity (Wildman–Crippen MR) is 49.3 cm³/mol. The minimum atomic E-state index is -1.68. The van der Waals surface area contributed by atoms with Gasteiger partial charge in [0.2, 0.25) is 0 Å². The number of phenols is 1. The van der Waals surface area contributed by atoms with Crippen LogP contribution in [-0.4, -0.2) is 35.4 Å². The zero-order chi connectivity index (χ0) is 10.7. The molecule has 0 unspecified atom stereocenters. The highest BCUT2D eigenvalue weighted by atomic mass is 16.5. The molecule has 14 heavy (non-hydrogen) atoms. The minimum absolute atomic E-state index is 0.0990. The van der Waals surface area contributed by atoms with E-state index >= 15 is 0 Å². The van der Waals surface area contributed by atoms with Crippen LogP contribution in [0.1, 0.15) is 10.4 Å². The molecule has 0 aliphatic carbocycles. The molecule has 0 aromatic heterocycles. The van der Waals surface area contributed by atoms with Crippen LogP contribution >= 0.6 is 0 Å². The number of aromatic hydroxyl groups is 1. The molecule has 0 amide bonds. The maximum absolute atomic E-state index is 11.1. The largest absolute Gasteiger partial charge is 0.507 e. The molecule has 0 heterocycles. The molecule has 0 saturated heterocycles. The lowest BCUT2D eigenvalue weighted by atomic mass is 9.79. The summed E-state index contributed by atoms with van der Waals surface area (Å²) in [6.07, 6.45) is 0. The predicted octanol–water partition coefficient (Wildman–Crippen LogP) is -1.14. The summed E-state index contributed by atoms with van der Waals surface area (Å²) >= 11 is 0. The summed E-state index contributed by atoms with van der Waals surface area (Å²) in [5.41, 5.74) is 0.0151. The van der Waals surface area contributed by atoms with E-state index in [1.54, 1.807) is 0 Å². The van der Waals surface area contributed by atoms with Crippen LogP contribution in [0.2, 0.25) is 0 Å². The van der Waals surface area contributed by atoms with Gasteiger partial charge in [-0.15, -0.1) is 0 Å². The molecule has 0 spiro atoms. The number of benzene rings is 1. The van der Waals surface area contributed by atoms with E-state index in [9.17, 15) is 9.90 Å². The van der Waals surface area contributed by atoms with Gasteiger partial charge in [-0.3, -0.25) is 0 Å². The Morgan fingerprint density at radius 2 is 2.07 bits per heavy atom. The van der Waals surface area contributed by atoms with E-state index in [2.05, 4.69) is 4.74 Å². The highest BCUT2D eigenvalue weighted by Gasteiger charge is 2.17. The van der Waals surface area contributed by atoms with Crippen molar-refractivity contribution in [3.05, 3.63) is 23.8 Å². The van der Waals surface area contributed by atoms with Gasteiger partial charge >= 0.3 is 13.1 Å². The second kappa shape index (κ2) is 4.12. The standard InChI is InChI=1S/C8H9BO5/c1-14-8(11)6-4-5(9(12)13)2-3-7(6)10/h2-4,10,12-13H,1H3. The second-order valence-corrected chi connectivity index (χ2v) is 2.64. The highest BCUT2D eigenvalue weighted by Crippen LogP contribution is 2.15. The Balaban J connectivity index is 3.15.